The largest absolute Gasteiger partial charge is 0.481 e. The van der Waals surface area contributed by atoms with Crippen molar-refractivity contribution in [3.8, 4) is 0 Å². The smallest absolute Gasteiger partial charge is 0.304 e. The Morgan fingerprint density at radius 3 is 2.45 bits per heavy atom. The lowest BCUT2D eigenvalue weighted by molar-refractivity contribution is -0.137. The summed E-state index contributed by atoms with van der Waals surface area (Å²) in [6.07, 6.45) is 0.174. The molecule has 0 spiro atoms. The summed E-state index contributed by atoms with van der Waals surface area (Å²) < 4.78 is 27.3. The Kier molecular flexibility index (Phi) is 5.60. The van der Waals surface area contributed by atoms with E-state index in [4.69, 9.17) is 16.7 Å². The Bertz CT molecular complexity index is 575. The van der Waals surface area contributed by atoms with Crippen LogP contribution in [-0.2, 0) is 14.8 Å². The van der Waals surface area contributed by atoms with Gasteiger partial charge in [0.05, 0.1) is 10.8 Å². The highest BCUT2D eigenvalue weighted by Crippen LogP contribution is 2.27. The highest BCUT2D eigenvalue weighted by atomic mass is 35.5. The maximum Gasteiger partial charge on any atom is 0.304 e. The zero-order chi connectivity index (χ0) is 15.6. The monoisotopic (exact) mass is 339 g/mol. The first-order chi connectivity index (χ1) is 8.99. The van der Waals surface area contributed by atoms with Crippen molar-refractivity contribution >= 4 is 38.9 Å². The van der Waals surface area contributed by atoms with Crippen molar-refractivity contribution in [3.63, 3.8) is 0 Å². The van der Waals surface area contributed by atoms with E-state index in [0.717, 1.165) is 11.3 Å². The van der Waals surface area contributed by atoms with Gasteiger partial charge in [-0.3, -0.25) is 4.79 Å². The molecule has 1 aromatic heterocycles. The summed E-state index contributed by atoms with van der Waals surface area (Å²) in [4.78, 5) is 10.9. The summed E-state index contributed by atoms with van der Waals surface area (Å²) in [6.45, 7) is 5.79. The minimum absolute atomic E-state index is 0.0896. The molecule has 0 fully saturated rings. The number of thiophene rings is 1. The van der Waals surface area contributed by atoms with Crippen LogP contribution >= 0.6 is 22.9 Å². The van der Waals surface area contributed by atoms with E-state index in [9.17, 15) is 13.2 Å². The molecule has 0 saturated heterocycles. The van der Waals surface area contributed by atoms with Gasteiger partial charge in [-0.25, -0.2) is 13.1 Å². The Labute approximate surface area is 128 Å². The van der Waals surface area contributed by atoms with Crippen molar-refractivity contribution in [2.75, 3.05) is 0 Å². The molecule has 1 unspecified atom stereocenters. The van der Waals surface area contributed by atoms with Gasteiger partial charge >= 0.3 is 5.97 Å². The molecule has 0 saturated carbocycles. The fourth-order valence-electron chi connectivity index (χ4n) is 1.83. The maximum absolute atomic E-state index is 12.2. The number of rotatable bonds is 6. The second-order valence-electron chi connectivity index (χ2n) is 5.74. The molecule has 20 heavy (non-hydrogen) atoms. The first-order valence-corrected chi connectivity index (χ1v) is 8.67. The van der Waals surface area contributed by atoms with Crippen LogP contribution in [0.2, 0.25) is 4.34 Å². The normalized spacial score (nSPS) is 14.2. The zero-order valence-electron chi connectivity index (χ0n) is 11.5. The van der Waals surface area contributed by atoms with Crippen LogP contribution in [0.4, 0.5) is 0 Å². The molecular weight excluding hydrogens is 322 g/mol. The van der Waals surface area contributed by atoms with Crippen molar-refractivity contribution in [1.29, 1.82) is 0 Å². The van der Waals surface area contributed by atoms with Gasteiger partial charge < -0.3 is 5.11 Å². The predicted molar refractivity (Wildman–Crippen MR) is 79.8 cm³/mol. The second kappa shape index (κ2) is 6.43. The van der Waals surface area contributed by atoms with Crippen LogP contribution in [0.5, 0.6) is 0 Å². The van der Waals surface area contributed by atoms with Gasteiger partial charge in [-0.2, -0.15) is 0 Å². The number of sulfonamides is 1. The molecule has 0 aliphatic carbocycles. The number of hydrogen-bond acceptors (Lipinski definition) is 4. The summed E-state index contributed by atoms with van der Waals surface area (Å²) >= 11 is 6.67. The first kappa shape index (κ1) is 17.4. The second-order valence-corrected chi connectivity index (χ2v) is 9.40. The van der Waals surface area contributed by atoms with Crippen LogP contribution < -0.4 is 4.72 Å². The molecule has 1 heterocycles. The molecule has 8 heteroatoms. The summed E-state index contributed by atoms with van der Waals surface area (Å²) in [7, 11) is -3.74. The van der Waals surface area contributed by atoms with Gasteiger partial charge in [0.25, 0.3) is 0 Å². The highest BCUT2D eigenvalue weighted by molar-refractivity contribution is 7.91. The molecule has 1 atom stereocenters. The average molecular weight is 340 g/mol. The van der Waals surface area contributed by atoms with E-state index >= 15 is 0 Å². The van der Waals surface area contributed by atoms with E-state index in [2.05, 4.69) is 4.72 Å². The molecule has 2 N–H and O–H groups in total. The molecule has 0 amide bonds. The SMILES string of the molecule is CC(C)(C)CC(CC(=O)O)NS(=O)(=O)c1ccc(Cl)s1. The van der Waals surface area contributed by atoms with Crippen LogP contribution in [0.1, 0.15) is 33.6 Å². The van der Waals surface area contributed by atoms with E-state index in [1.165, 1.54) is 12.1 Å². The van der Waals surface area contributed by atoms with Crippen molar-refractivity contribution in [1.82, 2.24) is 4.72 Å². The summed E-state index contributed by atoms with van der Waals surface area (Å²) in [5, 5.41) is 8.90. The number of aliphatic carboxylic acids is 1. The van der Waals surface area contributed by atoms with Crippen LogP contribution in [-0.4, -0.2) is 25.5 Å². The highest BCUT2D eigenvalue weighted by Gasteiger charge is 2.27. The van der Waals surface area contributed by atoms with E-state index in [1.807, 2.05) is 20.8 Å². The minimum Gasteiger partial charge on any atom is -0.481 e. The maximum atomic E-state index is 12.2. The number of hydrogen-bond donors (Lipinski definition) is 2. The molecule has 0 aliphatic heterocycles. The van der Waals surface area contributed by atoms with Crippen LogP contribution in [0.25, 0.3) is 0 Å². The number of carboxylic acid groups (broad SMARTS) is 1. The third kappa shape index (κ3) is 5.78. The summed E-state index contributed by atoms with van der Waals surface area (Å²) in [5.41, 5.74) is -0.185. The first-order valence-electron chi connectivity index (χ1n) is 5.99. The van der Waals surface area contributed by atoms with Gasteiger partial charge in [0.2, 0.25) is 10.0 Å². The summed E-state index contributed by atoms with van der Waals surface area (Å²) in [5.74, 6) is -1.04. The van der Waals surface area contributed by atoms with Crippen molar-refractivity contribution in [2.45, 2.75) is 43.9 Å². The standard InChI is InChI=1S/C12H18ClNO4S2/c1-12(2,3)7-8(6-10(15)16)14-20(17,18)11-5-4-9(13)19-11/h4-5,8,14H,6-7H2,1-3H3,(H,15,16). The van der Waals surface area contributed by atoms with Crippen LogP contribution in [0.3, 0.4) is 0 Å². The Hall–Kier alpha value is -0.630. The molecule has 1 rings (SSSR count). The lowest BCUT2D eigenvalue weighted by atomic mass is 9.87. The molecule has 114 valence electrons. The quantitative estimate of drug-likeness (QED) is 0.834. The van der Waals surface area contributed by atoms with Gasteiger partial charge in [-0.1, -0.05) is 32.4 Å². The lowest BCUT2D eigenvalue weighted by Gasteiger charge is -2.25. The molecule has 0 radical (unpaired) electrons. The van der Waals surface area contributed by atoms with Crippen LogP contribution in [0, 0.1) is 5.41 Å². The lowest BCUT2D eigenvalue weighted by Crippen LogP contribution is -2.38. The number of carbonyl (C=O) groups is 1. The third-order valence-electron chi connectivity index (χ3n) is 2.42. The fourth-order valence-corrected chi connectivity index (χ4v) is 4.56. The number of nitrogens with one attached hydrogen (secondary N) is 1. The van der Waals surface area contributed by atoms with Gasteiger partial charge in [0, 0.05) is 6.04 Å². The Morgan fingerprint density at radius 2 is 2.05 bits per heavy atom. The number of halogens is 1. The Morgan fingerprint density at radius 1 is 1.45 bits per heavy atom. The molecule has 0 bridgehead atoms. The van der Waals surface area contributed by atoms with Crippen LogP contribution in [0.15, 0.2) is 16.3 Å². The number of carboxylic acids is 1. The molecule has 5 nitrogen and oxygen atoms in total. The fraction of sp³-hybridized carbons (Fsp3) is 0.583. The van der Waals surface area contributed by atoms with E-state index < -0.39 is 22.0 Å². The van der Waals surface area contributed by atoms with Gasteiger partial charge in [-0.15, -0.1) is 11.3 Å². The average Bonchev–Trinajstić information content (AvgIpc) is 2.60. The van der Waals surface area contributed by atoms with Crippen molar-refractivity contribution in [2.24, 2.45) is 5.41 Å². The van der Waals surface area contributed by atoms with Gasteiger partial charge in [0.1, 0.15) is 4.21 Å². The Balaban J connectivity index is 2.91. The molecule has 0 aromatic carbocycles. The topological polar surface area (TPSA) is 83.5 Å². The van der Waals surface area contributed by atoms with E-state index in [-0.39, 0.29) is 16.0 Å². The van der Waals surface area contributed by atoms with E-state index in [0.29, 0.717) is 10.8 Å². The zero-order valence-corrected chi connectivity index (χ0v) is 13.9. The molecule has 0 aliphatic rings. The molecular formula is C12H18ClNO4S2. The molecule has 1 aromatic rings. The van der Waals surface area contributed by atoms with Gasteiger partial charge in [-0.05, 0) is 24.0 Å². The minimum atomic E-state index is -3.74. The summed E-state index contributed by atoms with van der Waals surface area (Å²) in [6, 6.07) is 2.25. The van der Waals surface area contributed by atoms with E-state index in [1.54, 1.807) is 0 Å². The van der Waals surface area contributed by atoms with Crippen molar-refractivity contribution < 1.29 is 18.3 Å². The van der Waals surface area contributed by atoms with Gasteiger partial charge in [0.15, 0.2) is 0 Å². The van der Waals surface area contributed by atoms with Crippen molar-refractivity contribution in [3.05, 3.63) is 16.5 Å². The predicted octanol–water partition coefficient (Wildman–Crippen LogP) is 2.96. The third-order valence-corrected chi connectivity index (χ3v) is 5.66.